The zero-order valence-electron chi connectivity index (χ0n) is 18.6. The summed E-state index contributed by atoms with van der Waals surface area (Å²) in [7, 11) is 1.95. The Labute approximate surface area is 193 Å². The quantitative estimate of drug-likeness (QED) is 0.473. The van der Waals surface area contributed by atoms with Crippen LogP contribution in [0.4, 0.5) is 0 Å². The third-order valence-electron chi connectivity index (χ3n) is 6.15. The van der Waals surface area contributed by atoms with Gasteiger partial charge in [-0.05, 0) is 30.5 Å². The molecule has 5 rings (SSSR count). The van der Waals surface area contributed by atoms with E-state index < -0.39 is 0 Å². The van der Waals surface area contributed by atoms with Gasteiger partial charge in [-0.2, -0.15) is 0 Å². The van der Waals surface area contributed by atoms with Gasteiger partial charge in [0.05, 0.1) is 5.69 Å². The molecule has 1 saturated heterocycles. The zero-order valence-corrected chi connectivity index (χ0v) is 18.6. The molecule has 7 heteroatoms. The minimum absolute atomic E-state index is 0.0406. The normalized spacial score (nSPS) is 16.0. The molecular weight excluding hydrogens is 412 g/mol. The maximum atomic E-state index is 13.4. The molecule has 0 radical (unpaired) electrons. The first kappa shape index (κ1) is 21.0. The highest BCUT2D eigenvalue weighted by atomic mass is 16.2. The van der Waals surface area contributed by atoms with Crippen LogP contribution in [-0.4, -0.2) is 48.4 Å². The molecule has 4 aromatic rings. The number of aryl methyl sites for hydroxylation is 1. The van der Waals surface area contributed by atoms with E-state index in [0.717, 1.165) is 42.3 Å². The van der Waals surface area contributed by atoms with E-state index in [2.05, 4.69) is 32.1 Å². The van der Waals surface area contributed by atoms with Crippen LogP contribution in [0.2, 0.25) is 0 Å². The standard InChI is InChI=1S/C26H26N6O/c1-31-15-13-30-25(31)24-23(28-11-12-29-24)21-8-5-14-32(18-21)26(33)20-9-10-27-22(17-20)16-19-6-3-2-4-7-19/h2-4,6-7,9-13,15,17,21H,5,8,14,16,18H2,1H3/t21-/m0/s1. The fourth-order valence-electron chi connectivity index (χ4n) is 4.49. The lowest BCUT2D eigenvalue weighted by atomic mass is 9.92. The number of carbonyl (C=O) groups excluding carboxylic acids is 1. The summed E-state index contributed by atoms with van der Waals surface area (Å²) in [6.45, 7) is 1.36. The number of rotatable bonds is 5. The molecule has 0 aliphatic carbocycles. The molecule has 4 heterocycles. The van der Waals surface area contributed by atoms with Gasteiger partial charge in [0.2, 0.25) is 0 Å². The Morgan fingerprint density at radius 3 is 2.67 bits per heavy atom. The fraction of sp³-hybridized carbons (Fsp3) is 0.269. The molecular formula is C26H26N6O. The Bertz CT molecular complexity index is 1250. The highest BCUT2D eigenvalue weighted by molar-refractivity contribution is 5.94. The molecule has 33 heavy (non-hydrogen) atoms. The van der Waals surface area contributed by atoms with Crippen LogP contribution in [0.25, 0.3) is 11.5 Å². The fourth-order valence-corrected chi connectivity index (χ4v) is 4.49. The number of aromatic nitrogens is 5. The zero-order chi connectivity index (χ0) is 22.6. The summed E-state index contributed by atoms with van der Waals surface area (Å²) in [5.74, 6) is 0.953. The Morgan fingerprint density at radius 2 is 1.85 bits per heavy atom. The molecule has 3 aromatic heterocycles. The number of likely N-dealkylation sites (tertiary alicyclic amines) is 1. The van der Waals surface area contributed by atoms with Crippen molar-refractivity contribution in [1.29, 1.82) is 0 Å². The van der Waals surface area contributed by atoms with Gasteiger partial charge in [-0.1, -0.05) is 30.3 Å². The topological polar surface area (TPSA) is 76.8 Å². The number of nitrogens with zero attached hydrogens (tertiary/aromatic N) is 6. The summed E-state index contributed by atoms with van der Waals surface area (Å²) in [6, 6.07) is 13.9. The van der Waals surface area contributed by atoms with E-state index in [0.29, 0.717) is 18.5 Å². The average molecular weight is 439 g/mol. The average Bonchev–Trinajstić information content (AvgIpc) is 3.30. The Morgan fingerprint density at radius 1 is 1.00 bits per heavy atom. The molecule has 1 aliphatic heterocycles. The van der Waals surface area contributed by atoms with E-state index in [1.165, 1.54) is 5.56 Å². The van der Waals surface area contributed by atoms with E-state index in [4.69, 9.17) is 0 Å². The van der Waals surface area contributed by atoms with E-state index in [1.807, 2.05) is 53.0 Å². The van der Waals surface area contributed by atoms with Crippen molar-refractivity contribution in [3.05, 3.63) is 96.0 Å². The number of piperidine rings is 1. The second kappa shape index (κ2) is 9.32. The van der Waals surface area contributed by atoms with Gasteiger partial charge in [-0.25, -0.2) is 9.97 Å². The van der Waals surface area contributed by atoms with Gasteiger partial charge in [0.15, 0.2) is 5.82 Å². The van der Waals surface area contributed by atoms with Crippen LogP contribution in [-0.2, 0) is 13.5 Å². The van der Waals surface area contributed by atoms with E-state index in [-0.39, 0.29) is 11.8 Å². The van der Waals surface area contributed by atoms with E-state index in [1.54, 1.807) is 24.8 Å². The SMILES string of the molecule is Cn1ccnc1-c1nccnc1[C@H]1CCCN(C(=O)c2ccnc(Cc3ccccc3)c2)C1. The largest absolute Gasteiger partial charge is 0.338 e. The lowest BCUT2D eigenvalue weighted by Crippen LogP contribution is -2.39. The van der Waals surface area contributed by atoms with Crippen LogP contribution in [0.3, 0.4) is 0 Å². The first-order valence-electron chi connectivity index (χ1n) is 11.3. The van der Waals surface area contributed by atoms with Crippen LogP contribution in [0.5, 0.6) is 0 Å². The van der Waals surface area contributed by atoms with Crippen molar-refractivity contribution in [2.75, 3.05) is 13.1 Å². The van der Waals surface area contributed by atoms with Crippen LogP contribution in [0.1, 0.15) is 46.1 Å². The molecule has 7 nitrogen and oxygen atoms in total. The lowest BCUT2D eigenvalue weighted by molar-refractivity contribution is 0.0705. The van der Waals surface area contributed by atoms with Crippen LogP contribution in [0, 0.1) is 0 Å². The Hall–Kier alpha value is -3.87. The van der Waals surface area contributed by atoms with Gasteiger partial charge in [0, 0.05) is 74.7 Å². The highest BCUT2D eigenvalue weighted by Crippen LogP contribution is 2.31. The highest BCUT2D eigenvalue weighted by Gasteiger charge is 2.29. The number of benzene rings is 1. The van der Waals surface area contributed by atoms with Crippen LogP contribution in [0.15, 0.2) is 73.4 Å². The molecule has 1 aromatic carbocycles. The Kier molecular flexibility index (Phi) is 5.93. The van der Waals surface area contributed by atoms with Gasteiger partial charge < -0.3 is 9.47 Å². The molecule has 0 saturated carbocycles. The molecule has 1 aliphatic rings. The number of hydrogen-bond donors (Lipinski definition) is 0. The number of amides is 1. The summed E-state index contributed by atoms with van der Waals surface area (Å²) in [6.07, 6.45) is 11.4. The minimum Gasteiger partial charge on any atom is -0.338 e. The monoisotopic (exact) mass is 438 g/mol. The number of pyridine rings is 1. The van der Waals surface area contributed by atoms with Gasteiger partial charge in [0.25, 0.3) is 5.91 Å². The smallest absolute Gasteiger partial charge is 0.253 e. The Balaban J connectivity index is 1.36. The molecule has 1 fully saturated rings. The van der Waals surface area contributed by atoms with Crippen molar-refractivity contribution >= 4 is 5.91 Å². The third-order valence-corrected chi connectivity index (χ3v) is 6.15. The van der Waals surface area contributed by atoms with E-state index >= 15 is 0 Å². The van der Waals surface area contributed by atoms with Gasteiger partial charge >= 0.3 is 0 Å². The predicted molar refractivity (Wildman–Crippen MR) is 126 cm³/mol. The van der Waals surface area contributed by atoms with Gasteiger partial charge in [-0.3, -0.25) is 14.8 Å². The first-order chi connectivity index (χ1) is 16.2. The number of imidazole rings is 1. The molecule has 0 N–H and O–H groups in total. The molecule has 0 unspecified atom stereocenters. The summed E-state index contributed by atoms with van der Waals surface area (Å²) < 4.78 is 1.95. The first-order valence-corrected chi connectivity index (χ1v) is 11.3. The van der Waals surface area contributed by atoms with Crippen molar-refractivity contribution in [3.8, 4) is 11.5 Å². The van der Waals surface area contributed by atoms with Crippen LogP contribution < -0.4 is 0 Å². The summed E-state index contributed by atoms with van der Waals surface area (Å²) in [5, 5.41) is 0. The molecule has 166 valence electrons. The van der Waals surface area contributed by atoms with Crippen molar-refractivity contribution in [2.24, 2.45) is 7.05 Å². The van der Waals surface area contributed by atoms with Crippen molar-refractivity contribution in [1.82, 2.24) is 29.4 Å². The molecule has 1 atom stereocenters. The second-order valence-corrected chi connectivity index (χ2v) is 8.44. The van der Waals surface area contributed by atoms with Crippen molar-refractivity contribution in [3.63, 3.8) is 0 Å². The summed E-state index contributed by atoms with van der Waals surface area (Å²) in [4.78, 5) is 33.5. The number of hydrogen-bond acceptors (Lipinski definition) is 5. The minimum atomic E-state index is 0.0406. The van der Waals surface area contributed by atoms with Gasteiger partial charge in [0.1, 0.15) is 5.69 Å². The summed E-state index contributed by atoms with van der Waals surface area (Å²) in [5.41, 5.74) is 4.45. The lowest BCUT2D eigenvalue weighted by Gasteiger charge is -2.33. The molecule has 0 spiro atoms. The van der Waals surface area contributed by atoms with Crippen LogP contribution >= 0.6 is 0 Å². The maximum Gasteiger partial charge on any atom is 0.253 e. The van der Waals surface area contributed by atoms with E-state index in [9.17, 15) is 4.79 Å². The predicted octanol–water partition coefficient (Wildman–Crippen LogP) is 3.88. The second-order valence-electron chi connectivity index (χ2n) is 8.44. The summed E-state index contributed by atoms with van der Waals surface area (Å²) >= 11 is 0. The maximum absolute atomic E-state index is 13.4. The van der Waals surface area contributed by atoms with Crippen molar-refractivity contribution < 1.29 is 4.79 Å². The third kappa shape index (κ3) is 4.53. The van der Waals surface area contributed by atoms with Gasteiger partial charge in [-0.15, -0.1) is 0 Å². The van der Waals surface area contributed by atoms with Crippen molar-refractivity contribution in [2.45, 2.75) is 25.2 Å². The molecule has 0 bridgehead atoms. The number of carbonyl (C=O) groups is 1. The molecule has 1 amide bonds.